The van der Waals surface area contributed by atoms with Crippen LogP contribution in [-0.2, 0) is 0 Å². The van der Waals surface area contributed by atoms with Crippen molar-refractivity contribution < 1.29 is 0 Å². The van der Waals surface area contributed by atoms with Gasteiger partial charge in [-0.15, -0.1) is 0 Å². The van der Waals surface area contributed by atoms with Crippen molar-refractivity contribution in [1.82, 2.24) is 13.7 Å². The predicted molar refractivity (Wildman–Crippen MR) is 224 cm³/mol. The van der Waals surface area contributed by atoms with Gasteiger partial charge < -0.3 is 13.7 Å². The summed E-state index contributed by atoms with van der Waals surface area (Å²) in [5.41, 5.74) is 12.3. The Labute approximate surface area is 316 Å². The van der Waals surface area contributed by atoms with Crippen LogP contribution in [0.15, 0.2) is 176 Å². The molecule has 254 valence electrons. The summed E-state index contributed by atoms with van der Waals surface area (Å²) in [6, 6.07) is 65.9. The molecule has 11 aromatic rings. The molecule has 3 aromatic heterocycles. The molecule has 55 heavy (non-hydrogen) atoms. The van der Waals surface area contributed by atoms with Crippen molar-refractivity contribution in [1.29, 1.82) is 10.5 Å². The summed E-state index contributed by atoms with van der Waals surface area (Å²) in [6.07, 6.45) is 0. The van der Waals surface area contributed by atoms with E-state index in [0.29, 0.717) is 11.1 Å². The third-order valence-electron chi connectivity index (χ3n) is 11.1. The Kier molecular flexibility index (Phi) is 6.61. The lowest BCUT2D eigenvalue weighted by Crippen LogP contribution is -2.00. The van der Waals surface area contributed by atoms with Crippen LogP contribution in [0.25, 0.3) is 93.6 Å². The van der Waals surface area contributed by atoms with E-state index < -0.39 is 0 Å². The van der Waals surface area contributed by atoms with E-state index in [1.807, 2.05) is 24.3 Å². The second-order valence-electron chi connectivity index (χ2n) is 14.0. The van der Waals surface area contributed by atoms with Gasteiger partial charge in [0.05, 0.1) is 55.6 Å². The Bertz CT molecular complexity index is 3350. The van der Waals surface area contributed by atoms with Gasteiger partial charge in [-0.2, -0.15) is 10.5 Å². The maximum absolute atomic E-state index is 10.6. The number of hydrogen-bond donors (Lipinski definition) is 0. The highest BCUT2D eigenvalue weighted by molar-refractivity contribution is 6.13. The number of nitriles is 2. The normalized spacial score (nSPS) is 11.6. The largest absolute Gasteiger partial charge is 0.309 e. The first-order valence-electron chi connectivity index (χ1n) is 18.3. The second-order valence-corrected chi connectivity index (χ2v) is 14.0. The van der Waals surface area contributed by atoms with E-state index in [9.17, 15) is 10.5 Å². The number of aromatic nitrogens is 3. The molecule has 0 aliphatic rings. The molecule has 0 amide bonds. The van der Waals surface area contributed by atoms with Crippen molar-refractivity contribution in [3.63, 3.8) is 0 Å². The molecule has 0 fully saturated rings. The van der Waals surface area contributed by atoms with Gasteiger partial charge >= 0.3 is 0 Å². The molecule has 3 heterocycles. The lowest BCUT2D eigenvalue weighted by atomic mass is 10.0. The van der Waals surface area contributed by atoms with E-state index in [0.717, 1.165) is 93.6 Å². The van der Waals surface area contributed by atoms with E-state index in [2.05, 4.69) is 177 Å². The van der Waals surface area contributed by atoms with Crippen LogP contribution in [0.2, 0.25) is 0 Å². The zero-order chi connectivity index (χ0) is 36.6. The van der Waals surface area contributed by atoms with Crippen LogP contribution in [0, 0.1) is 22.7 Å². The lowest BCUT2D eigenvalue weighted by molar-refractivity contribution is 1.15. The average molecular weight is 700 g/mol. The van der Waals surface area contributed by atoms with Crippen LogP contribution in [0.4, 0.5) is 0 Å². The smallest absolute Gasteiger partial charge is 0.101 e. The molecule has 0 saturated carbocycles. The zero-order valence-electron chi connectivity index (χ0n) is 29.5. The van der Waals surface area contributed by atoms with Crippen molar-refractivity contribution in [3.8, 4) is 40.3 Å². The Morgan fingerprint density at radius 1 is 0.309 bits per heavy atom. The van der Waals surface area contributed by atoms with Crippen molar-refractivity contribution in [2.45, 2.75) is 0 Å². The summed E-state index contributed by atoms with van der Waals surface area (Å²) in [4.78, 5) is 0. The minimum absolute atomic E-state index is 0.612. The van der Waals surface area contributed by atoms with Gasteiger partial charge in [0.2, 0.25) is 0 Å². The quantitative estimate of drug-likeness (QED) is 0.184. The van der Waals surface area contributed by atoms with Crippen molar-refractivity contribution in [2.24, 2.45) is 0 Å². The maximum Gasteiger partial charge on any atom is 0.101 e. The molecular weight excluding hydrogens is 671 g/mol. The van der Waals surface area contributed by atoms with Gasteiger partial charge in [0.1, 0.15) is 12.1 Å². The topological polar surface area (TPSA) is 62.4 Å². The molecule has 0 N–H and O–H groups in total. The summed E-state index contributed by atoms with van der Waals surface area (Å²) in [5.74, 6) is 0. The van der Waals surface area contributed by atoms with Crippen LogP contribution in [0.3, 0.4) is 0 Å². The molecule has 5 heteroatoms. The molecule has 0 aliphatic carbocycles. The van der Waals surface area contributed by atoms with Gasteiger partial charge in [-0.1, -0.05) is 109 Å². The van der Waals surface area contributed by atoms with Crippen LogP contribution < -0.4 is 0 Å². The Balaban J connectivity index is 1.06. The molecule has 8 aromatic carbocycles. The van der Waals surface area contributed by atoms with Gasteiger partial charge in [0.15, 0.2) is 0 Å². The second kappa shape index (κ2) is 11.8. The van der Waals surface area contributed by atoms with Crippen LogP contribution in [0.1, 0.15) is 11.1 Å². The van der Waals surface area contributed by atoms with E-state index >= 15 is 0 Å². The standard InChI is InChI=1S/C50H29N5/c51-30-34-27-33(23-26-43(34)54-45-17-7-1-11-37(45)38-12-2-8-18-46(38)54)32-21-24-36(25-22-32)53-44-16-6-5-15-41(44)42-28-35(31-52)49(29-50(42)53)55-47-19-9-3-13-39(47)40-14-4-10-20-48(40)55/h1-29H. The SMILES string of the molecule is N#Cc1cc(-c2ccc(-n3c4ccccc4c4cc(C#N)c(-n5c6ccccc6c6ccccc65)cc43)cc2)ccc1-n1c2ccccc2c2ccccc21. The molecular formula is C50H29N5. The van der Waals surface area contributed by atoms with E-state index in [-0.39, 0.29) is 0 Å². The fourth-order valence-corrected chi connectivity index (χ4v) is 8.72. The summed E-state index contributed by atoms with van der Waals surface area (Å²) in [5, 5.41) is 27.8. The van der Waals surface area contributed by atoms with E-state index in [1.54, 1.807) is 0 Å². The fourth-order valence-electron chi connectivity index (χ4n) is 8.72. The van der Waals surface area contributed by atoms with Gasteiger partial charge in [0, 0.05) is 38.0 Å². The molecule has 11 rings (SSSR count). The number of hydrogen-bond acceptors (Lipinski definition) is 2. The number of nitrogens with zero attached hydrogens (tertiary/aromatic N) is 5. The third kappa shape index (κ3) is 4.45. The first-order chi connectivity index (χ1) is 27.2. The first-order valence-corrected chi connectivity index (χ1v) is 18.3. The first kappa shape index (κ1) is 30.7. The van der Waals surface area contributed by atoms with Gasteiger partial charge in [-0.05, 0) is 77.9 Å². The molecule has 5 nitrogen and oxygen atoms in total. The highest BCUT2D eigenvalue weighted by Crippen LogP contribution is 2.39. The van der Waals surface area contributed by atoms with Gasteiger partial charge in [0.25, 0.3) is 0 Å². The highest BCUT2D eigenvalue weighted by Gasteiger charge is 2.20. The van der Waals surface area contributed by atoms with Crippen molar-refractivity contribution in [3.05, 3.63) is 187 Å². The van der Waals surface area contributed by atoms with Crippen LogP contribution >= 0.6 is 0 Å². The van der Waals surface area contributed by atoms with Crippen LogP contribution in [0.5, 0.6) is 0 Å². The maximum atomic E-state index is 10.6. The van der Waals surface area contributed by atoms with Gasteiger partial charge in [-0.25, -0.2) is 0 Å². The Hall–Kier alpha value is -7.86. The Morgan fingerprint density at radius 3 is 1.20 bits per heavy atom. The molecule has 0 atom stereocenters. The van der Waals surface area contributed by atoms with E-state index in [1.165, 1.54) is 0 Å². The minimum atomic E-state index is 0.612. The minimum Gasteiger partial charge on any atom is -0.309 e. The molecule has 0 bridgehead atoms. The molecule has 0 aliphatic heterocycles. The predicted octanol–water partition coefficient (Wildman–Crippen LogP) is 12.4. The molecule has 0 saturated heterocycles. The third-order valence-corrected chi connectivity index (χ3v) is 11.1. The number of fused-ring (bicyclic) bond motifs is 9. The monoisotopic (exact) mass is 699 g/mol. The fraction of sp³-hybridized carbons (Fsp3) is 0. The van der Waals surface area contributed by atoms with Crippen molar-refractivity contribution >= 4 is 65.4 Å². The van der Waals surface area contributed by atoms with Crippen molar-refractivity contribution in [2.75, 3.05) is 0 Å². The highest BCUT2D eigenvalue weighted by atomic mass is 15.0. The summed E-state index contributed by atoms with van der Waals surface area (Å²) < 4.78 is 6.71. The molecule has 0 unspecified atom stereocenters. The molecule has 0 spiro atoms. The zero-order valence-corrected chi connectivity index (χ0v) is 29.5. The summed E-state index contributed by atoms with van der Waals surface area (Å²) in [6.45, 7) is 0. The lowest BCUT2D eigenvalue weighted by Gasteiger charge is -2.14. The number of rotatable bonds is 4. The number of para-hydroxylation sites is 5. The van der Waals surface area contributed by atoms with Gasteiger partial charge in [-0.3, -0.25) is 0 Å². The summed E-state index contributed by atoms with van der Waals surface area (Å²) in [7, 11) is 0. The van der Waals surface area contributed by atoms with E-state index in [4.69, 9.17) is 0 Å². The number of benzene rings is 8. The van der Waals surface area contributed by atoms with Crippen LogP contribution in [-0.4, -0.2) is 13.7 Å². The molecule has 0 radical (unpaired) electrons. The summed E-state index contributed by atoms with van der Waals surface area (Å²) >= 11 is 0. The average Bonchev–Trinajstić information content (AvgIpc) is 3.88. The Morgan fingerprint density at radius 2 is 0.709 bits per heavy atom.